The Morgan fingerprint density at radius 2 is 1.77 bits per heavy atom. The number of hydrogen-bond acceptors (Lipinski definition) is 4. The Balaban J connectivity index is 2.05. The molecule has 0 aliphatic heterocycles. The van der Waals surface area contributed by atoms with E-state index >= 15 is 0 Å². The van der Waals surface area contributed by atoms with Crippen molar-refractivity contribution in [3.63, 3.8) is 0 Å². The molecule has 0 saturated heterocycles. The van der Waals surface area contributed by atoms with Crippen LogP contribution < -0.4 is 0 Å². The highest BCUT2D eigenvalue weighted by Gasteiger charge is 2.21. The summed E-state index contributed by atoms with van der Waals surface area (Å²) >= 11 is 3.29. The van der Waals surface area contributed by atoms with Crippen LogP contribution in [-0.2, 0) is 4.74 Å². The molecule has 0 aliphatic carbocycles. The van der Waals surface area contributed by atoms with Gasteiger partial charge in [0.15, 0.2) is 11.9 Å². The first kappa shape index (κ1) is 16.2. The lowest BCUT2D eigenvalue weighted by Gasteiger charge is -2.11. The standard InChI is InChI=1S/C16H14BrNO4/c1-9(19)12-7-14(18-8-12)16(21)22-10(2)15(20)11-3-5-13(17)6-4-11/h3-8,10,18H,1-2H3/t10-/m1/s1. The SMILES string of the molecule is CC(=O)c1c[nH]c(C(=O)O[C@H](C)C(=O)c2ccc(Br)cc2)c1. The smallest absolute Gasteiger partial charge is 0.355 e. The van der Waals surface area contributed by atoms with E-state index < -0.39 is 12.1 Å². The van der Waals surface area contributed by atoms with E-state index in [9.17, 15) is 14.4 Å². The van der Waals surface area contributed by atoms with Gasteiger partial charge in [0, 0.05) is 21.8 Å². The van der Waals surface area contributed by atoms with Crippen molar-refractivity contribution < 1.29 is 19.1 Å². The highest BCUT2D eigenvalue weighted by molar-refractivity contribution is 9.10. The molecular weight excluding hydrogens is 350 g/mol. The Bertz CT molecular complexity index is 718. The van der Waals surface area contributed by atoms with Gasteiger partial charge in [0.1, 0.15) is 5.69 Å². The number of aromatic amines is 1. The van der Waals surface area contributed by atoms with Gasteiger partial charge in [-0.1, -0.05) is 28.1 Å². The average Bonchev–Trinajstić information content (AvgIpc) is 2.97. The molecule has 6 heteroatoms. The fourth-order valence-corrected chi connectivity index (χ4v) is 2.11. The third-order valence-electron chi connectivity index (χ3n) is 3.09. The highest BCUT2D eigenvalue weighted by atomic mass is 79.9. The Morgan fingerprint density at radius 1 is 1.14 bits per heavy atom. The number of benzene rings is 1. The van der Waals surface area contributed by atoms with E-state index in [1.54, 1.807) is 24.3 Å². The number of hydrogen-bond donors (Lipinski definition) is 1. The van der Waals surface area contributed by atoms with Crippen LogP contribution in [0.5, 0.6) is 0 Å². The van der Waals surface area contributed by atoms with Gasteiger partial charge in [0.05, 0.1) is 0 Å². The molecule has 22 heavy (non-hydrogen) atoms. The van der Waals surface area contributed by atoms with E-state index in [1.165, 1.54) is 26.1 Å². The van der Waals surface area contributed by atoms with Crippen molar-refractivity contribution in [3.8, 4) is 0 Å². The van der Waals surface area contributed by atoms with Crippen molar-refractivity contribution in [2.75, 3.05) is 0 Å². The first-order valence-electron chi connectivity index (χ1n) is 6.58. The number of aromatic nitrogens is 1. The molecule has 0 spiro atoms. The number of ketones is 2. The maximum absolute atomic E-state index is 12.2. The summed E-state index contributed by atoms with van der Waals surface area (Å²) in [5, 5.41) is 0. The van der Waals surface area contributed by atoms with Gasteiger partial charge in [0.25, 0.3) is 0 Å². The molecule has 2 rings (SSSR count). The molecule has 1 aromatic carbocycles. The van der Waals surface area contributed by atoms with E-state index in [2.05, 4.69) is 20.9 Å². The minimum Gasteiger partial charge on any atom is -0.450 e. The van der Waals surface area contributed by atoms with Gasteiger partial charge in [0.2, 0.25) is 5.78 Å². The summed E-state index contributed by atoms with van der Waals surface area (Å²) in [5.74, 6) is -1.13. The van der Waals surface area contributed by atoms with Crippen LogP contribution in [0.2, 0.25) is 0 Å². The number of nitrogens with one attached hydrogen (secondary N) is 1. The van der Waals surface area contributed by atoms with Crippen LogP contribution in [0.15, 0.2) is 41.0 Å². The van der Waals surface area contributed by atoms with Gasteiger partial charge in [-0.3, -0.25) is 9.59 Å². The van der Waals surface area contributed by atoms with Crippen molar-refractivity contribution in [3.05, 3.63) is 57.8 Å². The Labute approximate surface area is 135 Å². The van der Waals surface area contributed by atoms with Gasteiger partial charge >= 0.3 is 5.97 Å². The van der Waals surface area contributed by atoms with Crippen LogP contribution >= 0.6 is 15.9 Å². The first-order chi connectivity index (χ1) is 10.4. The zero-order chi connectivity index (χ0) is 16.3. The second kappa shape index (κ2) is 6.70. The quantitative estimate of drug-likeness (QED) is 0.652. The fourth-order valence-electron chi connectivity index (χ4n) is 1.84. The lowest BCUT2D eigenvalue weighted by molar-refractivity contribution is 0.0314. The predicted molar refractivity (Wildman–Crippen MR) is 84.1 cm³/mol. The molecule has 0 radical (unpaired) electrons. The summed E-state index contributed by atoms with van der Waals surface area (Å²) in [6.45, 7) is 2.91. The number of H-pyrrole nitrogens is 1. The summed E-state index contributed by atoms with van der Waals surface area (Å²) in [7, 11) is 0. The van der Waals surface area contributed by atoms with Crippen LogP contribution in [-0.4, -0.2) is 28.6 Å². The van der Waals surface area contributed by atoms with Crippen molar-refractivity contribution in [1.82, 2.24) is 4.98 Å². The van der Waals surface area contributed by atoms with Gasteiger partial charge in [-0.2, -0.15) is 0 Å². The van der Waals surface area contributed by atoms with Gasteiger partial charge in [-0.05, 0) is 32.0 Å². The van der Waals surface area contributed by atoms with E-state index in [4.69, 9.17) is 4.74 Å². The number of Topliss-reactive ketones (excluding diaryl/α,β-unsaturated/α-hetero) is 2. The Morgan fingerprint density at radius 3 is 2.32 bits per heavy atom. The minimum atomic E-state index is -0.919. The average molecular weight is 364 g/mol. The second-order valence-electron chi connectivity index (χ2n) is 4.78. The molecule has 0 bridgehead atoms. The first-order valence-corrected chi connectivity index (χ1v) is 7.38. The summed E-state index contributed by atoms with van der Waals surface area (Å²) in [6.07, 6.45) is 0.512. The van der Waals surface area contributed by atoms with Crippen LogP contribution in [0.4, 0.5) is 0 Å². The third-order valence-corrected chi connectivity index (χ3v) is 3.62. The number of ether oxygens (including phenoxy) is 1. The molecule has 0 amide bonds. The van der Waals surface area contributed by atoms with Crippen LogP contribution in [0, 0.1) is 0 Å². The molecule has 5 nitrogen and oxygen atoms in total. The molecule has 1 heterocycles. The summed E-state index contributed by atoms with van der Waals surface area (Å²) in [6, 6.07) is 8.19. The predicted octanol–water partition coefficient (Wildman–Crippen LogP) is 3.41. The zero-order valence-corrected chi connectivity index (χ0v) is 13.6. The molecule has 0 saturated carbocycles. The Hall–Kier alpha value is -2.21. The molecule has 0 aliphatic rings. The number of halogens is 1. The topological polar surface area (TPSA) is 76.2 Å². The van der Waals surface area contributed by atoms with E-state index in [1.807, 2.05) is 0 Å². The van der Waals surface area contributed by atoms with Crippen LogP contribution in [0.3, 0.4) is 0 Å². The molecule has 1 aromatic heterocycles. The molecule has 0 fully saturated rings. The number of rotatable bonds is 5. The van der Waals surface area contributed by atoms with Gasteiger partial charge in [-0.15, -0.1) is 0 Å². The number of carbonyl (C=O) groups is 3. The highest BCUT2D eigenvalue weighted by Crippen LogP contribution is 2.14. The second-order valence-corrected chi connectivity index (χ2v) is 5.69. The molecule has 2 aromatic rings. The van der Waals surface area contributed by atoms with Crippen LogP contribution in [0.1, 0.15) is 45.1 Å². The largest absolute Gasteiger partial charge is 0.450 e. The molecule has 1 atom stereocenters. The zero-order valence-electron chi connectivity index (χ0n) is 12.1. The monoisotopic (exact) mass is 363 g/mol. The summed E-state index contributed by atoms with van der Waals surface area (Å²) in [4.78, 5) is 38.0. The summed E-state index contributed by atoms with van der Waals surface area (Å²) in [5.41, 5.74) is 0.985. The third kappa shape index (κ3) is 3.71. The normalized spacial score (nSPS) is 11.8. The van der Waals surface area contributed by atoms with Crippen molar-refractivity contribution in [2.45, 2.75) is 20.0 Å². The van der Waals surface area contributed by atoms with Crippen molar-refractivity contribution in [2.24, 2.45) is 0 Å². The van der Waals surface area contributed by atoms with Crippen LogP contribution in [0.25, 0.3) is 0 Å². The van der Waals surface area contributed by atoms with Gasteiger partial charge in [-0.25, -0.2) is 4.79 Å². The fraction of sp³-hybridized carbons (Fsp3) is 0.188. The van der Waals surface area contributed by atoms with E-state index in [0.717, 1.165) is 4.47 Å². The lowest BCUT2D eigenvalue weighted by Crippen LogP contribution is -2.24. The van der Waals surface area contributed by atoms with Crippen molar-refractivity contribution >= 4 is 33.5 Å². The van der Waals surface area contributed by atoms with E-state index in [-0.39, 0.29) is 17.3 Å². The maximum atomic E-state index is 12.2. The van der Waals surface area contributed by atoms with Crippen molar-refractivity contribution in [1.29, 1.82) is 0 Å². The Kier molecular flexibility index (Phi) is 4.92. The van der Waals surface area contributed by atoms with Gasteiger partial charge < -0.3 is 9.72 Å². The lowest BCUT2D eigenvalue weighted by atomic mass is 10.1. The molecule has 0 unspecified atom stereocenters. The molecule has 1 N–H and O–H groups in total. The van der Waals surface area contributed by atoms with E-state index in [0.29, 0.717) is 11.1 Å². The molecular formula is C16H14BrNO4. The minimum absolute atomic E-state index is 0.139. The molecule has 114 valence electrons. The number of esters is 1. The number of carbonyl (C=O) groups excluding carboxylic acids is 3. The summed E-state index contributed by atoms with van der Waals surface area (Å²) < 4.78 is 5.99. The maximum Gasteiger partial charge on any atom is 0.355 e.